The van der Waals surface area contributed by atoms with E-state index in [2.05, 4.69) is 10.2 Å². The molecule has 0 saturated carbocycles. The maximum Gasteiger partial charge on any atom is 0.334 e. The number of aliphatic carboxylic acids is 1. The number of rotatable bonds is 6. The third kappa shape index (κ3) is 4.20. The third-order valence-corrected chi connectivity index (χ3v) is 3.35. The molecule has 23 heavy (non-hydrogen) atoms. The Kier molecular flexibility index (Phi) is 5.54. The monoisotopic (exact) mass is 334 g/mol. The van der Waals surface area contributed by atoms with Crippen LogP contribution in [0, 0.1) is 0 Å². The summed E-state index contributed by atoms with van der Waals surface area (Å²) in [5, 5.41) is 16.2. The summed E-state index contributed by atoms with van der Waals surface area (Å²) < 4.78 is 4.90. The number of hydrogen-bond acceptors (Lipinski definition) is 4. The molecule has 0 aliphatic heterocycles. The number of carboxylic acid groups (broad SMARTS) is 1. The van der Waals surface area contributed by atoms with Crippen LogP contribution in [0.25, 0.3) is 17.3 Å². The van der Waals surface area contributed by atoms with Crippen LogP contribution in [0.1, 0.15) is 18.9 Å². The molecule has 1 aromatic carbocycles. The Morgan fingerprint density at radius 1 is 1.39 bits per heavy atom. The van der Waals surface area contributed by atoms with Gasteiger partial charge in [-0.2, -0.15) is 5.10 Å². The number of aromatic nitrogens is 2. The standard InChI is InChI=1S/C16H15ClN2O4/c1-2-23-16(22)10(8-14(20)21)7-11-9-18-19-15(11)12-5-3-4-6-13(12)17/h3-7,9H,2,8H2,1H3,(H,18,19)(H,20,21)/b10-7+. The van der Waals surface area contributed by atoms with Crippen molar-refractivity contribution in [1.82, 2.24) is 10.2 Å². The molecule has 0 fully saturated rings. The number of halogens is 1. The minimum atomic E-state index is -1.12. The molecule has 0 atom stereocenters. The quantitative estimate of drug-likeness (QED) is 0.625. The highest BCUT2D eigenvalue weighted by Crippen LogP contribution is 2.29. The molecule has 0 spiro atoms. The molecular formula is C16H15ClN2O4. The lowest BCUT2D eigenvalue weighted by Crippen LogP contribution is -2.11. The van der Waals surface area contributed by atoms with Crippen molar-refractivity contribution in [1.29, 1.82) is 0 Å². The van der Waals surface area contributed by atoms with Gasteiger partial charge in [-0.25, -0.2) is 4.79 Å². The lowest BCUT2D eigenvalue weighted by Gasteiger charge is -2.06. The smallest absolute Gasteiger partial charge is 0.334 e. The molecule has 1 heterocycles. The average Bonchev–Trinajstić information content (AvgIpc) is 2.95. The van der Waals surface area contributed by atoms with Gasteiger partial charge in [0.15, 0.2) is 0 Å². The van der Waals surface area contributed by atoms with Gasteiger partial charge in [-0.3, -0.25) is 9.89 Å². The van der Waals surface area contributed by atoms with Gasteiger partial charge in [-0.05, 0) is 19.1 Å². The molecule has 0 bridgehead atoms. The van der Waals surface area contributed by atoms with Crippen LogP contribution in [-0.4, -0.2) is 33.8 Å². The molecule has 0 unspecified atom stereocenters. The van der Waals surface area contributed by atoms with E-state index in [-0.39, 0.29) is 12.2 Å². The minimum Gasteiger partial charge on any atom is -0.481 e. The van der Waals surface area contributed by atoms with E-state index in [9.17, 15) is 9.59 Å². The Hall–Kier alpha value is -2.60. The van der Waals surface area contributed by atoms with E-state index in [0.29, 0.717) is 21.8 Å². The number of carbonyl (C=O) groups is 2. The van der Waals surface area contributed by atoms with Crippen LogP contribution in [0.4, 0.5) is 0 Å². The number of carboxylic acids is 1. The maximum atomic E-state index is 11.9. The number of H-pyrrole nitrogens is 1. The summed E-state index contributed by atoms with van der Waals surface area (Å²) >= 11 is 6.17. The fourth-order valence-corrected chi connectivity index (χ4v) is 2.27. The zero-order valence-corrected chi connectivity index (χ0v) is 13.1. The number of ether oxygens (including phenoxy) is 1. The highest BCUT2D eigenvalue weighted by atomic mass is 35.5. The summed E-state index contributed by atoms with van der Waals surface area (Å²) in [6.45, 7) is 1.82. The lowest BCUT2D eigenvalue weighted by molar-refractivity contribution is -0.142. The molecule has 0 aliphatic rings. The zero-order valence-electron chi connectivity index (χ0n) is 12.4. The van der Waals surface area contributed by atoms with Crippen molar-refractivity contribution in [3.05, 3.63) is 46.6 Å². The molecule has 7 heteroatoms. The van der Waals surface area contributed by atoms with Gasteiger partial charge < -0.3 is 9.84 Å². The largest absolute Gasteiger partial charge is 0.481 e. The Labute approximate surface area is 137 Å². The Morgan fingerprint density at radius 2 is 2.13 bits per heavy atom. The first-order valence-electron chi connectivity index (χ1n) is 6.90. The normalized spacial score (nSPS) is 11.3. The topological polar surface area (TPSA) is 92.3 Å². The second kappa shape index (κ2) is 7.60. The SMILES string of the molecule is CCOC(=O)/C(=C/c1cn[nH]c1-c1ccccc1Cl)CC(=O)O. The molecule has 2 rings (SSSR count). The predicted molar refractivity (Wildman–Crippen MR) is 85.9 cm³/mol. The first-order chi connectivity index (χ1) is 11.0. The molecule has 0 amide bonds. The molecule has 0 radical (unpaired) electrons. The van der Waals surface area contributed by atoms with Crippen molar-refractivity contribution in [3.8, 4) is 11.3 Å². The van der Waals surface area contributed by atoms with E-state index >= 15 is 0 Å². The highest BCUT2D eigenvalue weighted by molar-refractivity contribution is 6.33. The van der Waals surface area contributed by atoms with Gasteiger partial charge in [-0.1, -0.05) is 29.8 Å². The van der Waals surface area contributed by atoms with Crippen LogP contribution in [0.3, 0.4) is 0 Å². The van der Waals surface area contributed by atoms with Crippen LogP contribution >= 0.6 is 11.6 Å². The van der Waals surface area contributed by atoms with E-state index in [0.717, 1.165) is 0 Å². The van der Waals surface area contributed by atoms with Crippen molar-refractivity contribution < 1.29 is 19.4 Å². The molecule has 2 aromatic rings. The van der Waals surface area contributed by atoms with E-state index in [4.69, 9.17) is 21.4 Å². The van der Waals surface area contributed by atoms with Gasteiger partial charge in [-0.15, -0.1) is 0 Å². The summed E-state index contributed by atoms with van der Waals surface area (Å²) in [5.41, 5.74) is 1.90. The fourth-order valence-electron chi connectivity index (χ4n) is 2.04. The van der Waals surface area contributed by atoms with Crippen LogP contribution in [-0.2, 0) is 14.3 Å². The fraction of sp³-hybridized carbons (Fsp3) is 0.188. The molecular weight excluding hydrogens is 320 g/mol. The van der Waals surface area contributed by atoms with Crippen LogP contribution in [0.5, 0.6) is 0 Å². The Morgan fingerprint density at radius 3 is 2.78 bits per heavy atom. The first-order valence-corrected chi connectivity index (χ1v) is 7.28. The second-order valence-electron chi connectivity index (χ2n) is 4.64. The van der Waals surface area contributed by atoms with Crippen LogP contribution in [0.2, 0.25) is 5.02 Å². The molecule has 2 N–H and O–H groups in total. The van der Waals surface area contributed by atoms with Crippen molar-refractivity contribution in [2.24, 2.45) is 0 Å². The molecule has 0 aliphatic carbocycles. The van der Waals surface area contributed by atoms with E-state index < -0.39 is 18.4 Å². The van der Waals surface area contributed by atoms with E-state index in [1.807, 2.05) is 6.07 Å². The second-order valence-corrected chi connectivity index (χ2v) is 5.05. The van der Waals surface area contributed by atoms with Gasteiger partial charge in [0.1, 0.15) is 0 Å². The Balaban J connectivity index is 2.44. The number of carbonyl (C=O) groups excluding carboxylic acids is 1. The summed E-state index contributed by atoms with van der Waals surface area (Å²) in [4.78, 5) is 22.9. The number of nitrogens with zero attached hydrogens (tertiary/aromatic N) is 1. The van der Waals surface area contributed by atoms with E-state index in [1.165, 1.54) is 12.3 Å². The number of aromatic amines is 1. The average molecular weight is 335 g/mol. The minimum absolute atomic E-state index is 0.0362. The summed E-state index contributed by atoms with van der Waals surface area (Å²) in [6, 6.07) is 7.15. The number of nitrogens with one attached hydrogen (secondary N) is 1. The van der Waals surface area contributed by atoms with Gasteiger partial charge in [0, 0.05) is 21.7 Å². The lowest BCUT2D eigenvalue weighted by atomic mass is 10.0. The third-order valence-electron chi connectivity index (χ3n) is 3.02. The van der Waals surface area contributed by atoms with Crippen molar-refractivity contribution in [2.75, 3.05) is 6.61 Å². The summed E-state index contributed by atoms with van der Waals surface area (Å²) in [6.07, 6.45) is 2.51. The van der Waals surface area contributed by atoms with Crippen molar-refractivity contribution >= 4 is 29.6 Å². The predicted octanol–water partition coefficient (Wildman–Crippen LogP) is 3.15. The van der Waals surface area contributed by atoms with Crippen molar-refractivity contribution in [3.63, 3.8) is 0 Å². The Bertz CT molecular complexity index is 752. The number of benzene rings is 1. The number of esters is 1. The molecule has 1 aromatic heterocycles. The van der Waals surface area contributed by atoms with E-state index in [1.54, 1.807) is 25.1 Å². The number of hydrogen-bond donors (Lipinski definition) is 2. The first kappa shape index (κ1) is 16.8. The maximum absolute atomic E-state index is 11.9. The van der Waals surface area contributed by atoms with Crippen molar-refractivity contribution in [2.45, 2.75) is 13.3 Å². The zero-order chi connectivity index (χ0) is 16.8. The molecule has 6 nitrogen and oxygen atoms in total. The molecule has 0 saturated heterocycles. The van der Waals surface area contributed by atoms with Crippen LogP contribution < -0.4 is 0 Å². The van der Waals surface area contributed by atoms with Gasteiger partial charge >= 0.3 is 11.9 Å². The summed E-state index contributed by atoms with van der Waals surface area (Å²) in [7, 11) is 0. The van der Waals surface area contributed by atoms with Gasteiger partial charge in [0.25, 0.3) is 0 Å². The highest BCUT2D eigenvalue weighted by Gasteiger charge is 2.17. The summed E-state index contributed by atoms with van der Waals surface area (Å²) in [5.74, 6) is -1.78. The van der Waals surface area contributed by atoms with Gasteiger partial charge in [0.2, 0.25) is 0 Å². The molecule has 120 valence electrons. The van der Waals surface area contributed by atoms with Gasteiger partial charge in [0.05, 0.1) is 24.9 Å². The van der Waals surface area contributed by atoms with Crippen LogP contribution in [0.15, 0.2) is 36.0 Å².